The molecule has 2 aromatic carbocycles. The molecule has 0 unspecified atom stereocenters. The normalized spacial score (nSPS) is 20.0. The second-order valence-corrected chi connectivity index (χ2v) is 8.47. The Kier molecular flexibility index (Phi) is 7.89. The van der Waals surface area contributed by atoms with E-state index in [1.807, 2.05) is 18.2 Å². The van der Waals surface area contributed by atoms with Crippen molar-refractivity contribution in [1.82, 2.24) is 0 Å². The summed E-state index contributed by atoms with van der Waals surface area (Å²) >= 11 is 0. The fraction of sp³-hybridized carbons (Fsp3) is 0.481. The zero-order valence-electron chi connectivity index (χ0n) is 17.6. The fourth-order valence-electron chi connectivity index (χ4n) is 4.49. The van der Waals surface area contributed by atoms with Gasteiger partial charge in [-0.1, -0.05) is 81.7 Å². The zero-order valence-corrected chi connectivity index (χ0v) is 17.6. The third-order valence-corrected chi connectivity index (χ3v) is 6.29. The third-order valence-electron chi connectivity index (χ3n) is 6.29. The van der Waals surface area contributed by atoms with Crippen LogP contribution in [0.3, 0.4) is 0 Å². The van der Waals surface area contributed by atoms with Gasteiger partial charge in [0.05, 0.1) is 0 Å². The van der Waals surface area contributed by atoms with Gasteiger partial charge in [0.15, 0.2) is 0 Å². The lowest BCUT2D eigenvalue weighted by atomic mass is 9.77. The first-order valence-corrected chi connectivity index (χ1v) is 11.3. The summed E-state index contributed by atoms with van der Waals surface area (Å²) in [6.45, 7) is 4.49. The molecule has 1 aliphatic rings. The van der Waals surface area contributed by atoms with Gasteiger partial charge in [0.2, 0.25) is 0 Å². The molecule has 0 bridgehead atoms. The van der Waals surface area contributed by atoms with Gasteiger partial charge in [-0.2, -0.15) is 0 Å². The van der Waals surface area contributed by atoms with Crippen molar-refractivity contribution in [3.8, 4) is 0 Å². The molecule has 0 amide bonds. The first kappa shape index (κ1) is 20.8. The van der Waals surface area contributed by atoms with Crippen LogP contribution in [0.4, 0.5) is 4.39 Å². The van der Waals surface area contributed by atoms with Crippen LogP contribution in [0.5, 0.6) is 0 Å². The lowest BCUT2D eigenvalue weighted by Crippen LogP contribution is -2.13. The first-order valence-electron chi connectivity index (χ1n) is 11.3. The summed E-state index contributed by atoms with van der Waals surface area (Å²) in [4.78, 5) is 0. The maximum atomic E-state index is 14.7. The molecule has 0 N–H and O–H groups in total. The molecule has 0 atom stereocenters. The summed E-state index contributed by atoms with van der Waals surface area (Å²) in [7, 11) is 0. The molecule has 0 heterocycles. The molecule has 1 heteroatoms. The summed E-state index contributed by atoms with van der Waals surface area (Å²) in [5, 5.41) is 0. The fourth-order valence-corrected chi connectivity index (χ4v) is 4.49. The number of unbranched alkanes of at least 4 members (excludes halogenated alkanes) is 1. The molecule has 1 aliphatic carbocycles. The summed E-state index contributed by atoms with van der Waals surface area (Å²) in [6.07, 6.45) is 15.2. The number of hydrogen-bond acceptors (Lipinski definition) is 0. The standard InChI is InChI=1S/C27H35F/c1-3-5-7-22-8-10-23(11-9-22)14-17-25-18-19-26(20-27(25)28)24-15-12-21(6-4-2)13-16-24/h8-11,14,17-21,24H,3-7,12-13,15-16H2,1-2H3/b17-14+. The van der Waals surface area contributed by atoms with E-state index in [-0.39, 0.29) is 5.82 Å². The van der Waals surface area contributed by atoms with Crippen molar-refractivity contribution in [2.24, 2.45) is 5.92 Å². The van der Waals surface area contributed by atoms with Gasteiger partial charge in [-0.05, 0) is 73.1 Å². The van der Waals surface area contributed by atoms with E-state index in [9.17, 15) is 4.39 Å². The van der Waals surface area contributed by atoms with E-state index in [0.29, 0.717) is 11.5 Å². The molecule has 150 valence electrons. The van der Waals surface area contributed by atoms with E-state index >= 15 is 0 Å². The van der Waals surface area contributed by atoms with Gasteiger partial charge in [-0.3, -0.25) is 0 Å². The third kappa shape index (κ3) is 5.80. The van der Waals surface area contributed by atoms with Crippen molar-refractivity contribution in [3.63, 3.8) is 0 Å². The summed E-state index contributed by atoms with van der Waals surface area (Å²) in [5.41, 5.74) is 4.37. The topological polar surface area (TPSA) is 0 Å². The van der Waals surface area contributed by atoms with Gasteiger partial charge < -0.3 is 0 Å². The Labute approximate surface area is 170 Å². The summed E-state index contributed by atoms with van der Waals surface area (Å²) < 4.78 is 14.7. The summed E-state index contributed by atoms with van der Waals surface area (Å²) in [6, 6.07) is 14.5. The molecule has 0 radical (unpaired) electrons. The molecule has 1 saturated carbocycles. The van der Waals surface area contributed by atoms with E-state index in [2.05, 4.69) is 44.2 Å². The van der Waals surface area contributed by atoms with Crippen LogP contribution in [0, 0.1) is 11.7 Å². The van der Waals surface area contributed by atoms with E-state index < -0.39 is 0 Å². The monoisotopic (exact) mass is 378 g/mol. The molecular formula is C27H35F. The van der Waals surface area contributed by atoms with Gasteiger partial charge in [0.25, 0.3) is 0 Å². The Hall–Kier alpha value is -1.89. The molecular weight excluding hydrogens is 343 g/mol. The van der Waals surface area contributed by atoms with Crippen LogP contribution in [0.25, 0.3) is 12.2 Å². The van der Waals surface area contributed by atoms with Gasteiger partial charge in [0, 0.05) is 5.56 Å². The van der Waals surface area contributed by atoms with Crippen molar-refractivity contribution < 1.29 is 4.39 Å². The largest absolute Gasteiger partial charge is 0.206 e. The number of rotatable bonds is 8. The molecule has 0 spiro atoms. The van der Waals surface area contributed by atoms with Crippen molar-refractivity contribution in [2.45, 2.75) is 77.6 Å². The average molecular weight is 379 g/mol. The Morgan fingerprint density at radius 3 is 2.29 bits per heavy atom. The number of halogens is 1. The van der Waals surface area contributed by atoms with Crippen LogP contribution < -0.4 is 0 Å². The molecule has 2 aromatic rings. The van der Waals surface area contributed by atoms with E-state index in [0.717, 1.165) is 17.9 Å². The highest BCUT2D eigenvalue weighted by Crippen LogP contribution is 2.37. The molecule has 3 rings (SSSR count). The molecule has 1 fully saturated rings. The maximum Gasteiger partial charge on any atom is 0.130 e. The second kappa shape index (κ2) is 10.6. The molecule has 0 aliphatic heterocycles. The van der Waals surface area contributed by atoms with E-state index in [1.165, 1.54) is 62.5 Å². The van der Waals surface area contributed by atoms with Crippen LogP contribution in [-0.2, 0) is 6.42 Å². The lowest BCUT2D eigenvalue weighted by Gasteiger charge is -2.28. The lowest BCUT2D eigenvalue weighted by molar-refractivity contribution is 0.308. The SMILES string of the molecule is CCCCc1ccc(/C=C/c2ccc(C3CCC(CCC)CC3)cc2F)cc1. The Morgan fingerprint density at radius 1 is 0.893 bits per heavy atom. The van der Waals surface area contributed by atoms with Crippen LogP contribution >= 0.6 is 0 Å². The van der Waals surface area contributed by atoms with E-state index in [4.69, 9.17) is 0 Å². The minimum Gasteiger partial charge on any atom is -0.206 e. The average Bonchev–Trinajstić information content (AvgIpc) is 2.73. The van der Waals surface area contributed by atoms with Crippen LogP contribution in [0.1, 0.15) is 93.4 Å². The van der Waals surface area contributed by atoms with Crippen LogP contribution in [0.15, 0.2) is 42.5 Å². The Morgan fingerprint density at radius 2 is 1.64 bits per heavy atom. The number of hydrogen-bond donors (Lipinski definition) is 0. The number of benzene rings is 2. The van der Waals surface area contributed by atoms with Gasteiger partial charge in [0.1, 0.15) is 5.82 Å². The minimum atomic E-state index is -0.0935. The second-order valence-electron chi connectivity index (χ2n) is 8.47. The highest BCUT2D eigenvalue weighted by molar-refractivity contribution is 5.70. The molecule has 28 heavy (non-hydrogen) atoms. The molecule has 0 saturated heterocycles. The molecule has 0 nitrogen and oxygen atoms in total. The van der Waals surface area contributed by atoms with Crippen LogP contribution in [0.2, 0.25) is 0 Å². The first-order chi connectivity index (χ1) is 13.7. The van der Waals surface area contributed by atoms with Gasteiger partial charge in [-0.25, -0.2) is 4.39 Å². The predicted octanol–water partition coefficient (Wildman–Crippen LogP) is 8.41. The Balaban J connectivity index is 1.60. The van der Waals surface area contributed by atoms with Crippen molar-refractivity contribution in [1.29, 1.82) is 0 Å². The quantitative estimate of drug-likeness (QED) is 0.404. The van der Waals surface area contributed by atoms with Crippen molar-refractivity contribution in [3.05, 3.63) is 70.5 Å². The smallest absolute Gasteiger partial charge is 0.130 e. The highest BCUT2D eigenvalue weighted by atomic mass is 19.1. The van der Waals surface area contributed by atoms with E-state index in [1.54, 1.807) is 6.07 Å². The summed E-state index contributed by atoms with van der Waals surface area (Å²) in [5.74, 6) is 1.34. The highest BCUT2D eigenvalue weighted by Gasteiger charge is 2.22. The maximum absolute atomic E-state index is 14.7. The number of aryl methyl sites for hydroxylation is 1. The zero-order chi connectivity index (χ0) is 19.8. The molecule has 0 aromatic heterocycles. The van der Waals surface area contributed by atoms with Crippen molar-refractivity contribution in [2.75, 3.05) is 0 Å². The van der Waals surface area contributed by atoms with Crippen LogP contribution in [-0.4, -0.2) is 0 Å². The minimum absolute atomic E-state index is 0.0935. The Bertz CT molecular complexity index is 748. The van der Waals surface area contributed by atoms with Gasteiger partial charge >= 0.3 is 0 Å². The predicted molar refractivity (Wildman–Crippen MR) is 120 cm³/mol. The van der Waals surface area contributed by atoms with Crippen molar-refractivity contribution >= 4 is 12.2 Å². The van der Waals surface area contributed by atoms with Gasteiger partial charge in [-0.15, -0.1) is 0 Å².